The maximum atomic E-state index is 11.9. The van der Waals surface area contributed by atoms with Crippen molar-refractivity contribution in [3.05, 3.63) is 80.6 Å². The van der Waals surface area contributed by atoms with E-state index in [2.05, 4.69) is 10.5 Å². The zero-order chi connectivity index (χ0) is 21.7. The third-order valence-electron chi connectivity index (χ3n) is 4.19. The summed E-state index contributed by atoms with van der Waals surface area (Å²) in [6.07, 6.45) is 1.31. The lowest BCUT2D eigenvalue weighted by molar-refractivity contribution is -0.384. The number of nitrogens with zero attached hydrogens (tertiary/aromatic N) is 2. The molecule has 8 nitrogen and oxygen atoms in total. The summed E-state index contributed by atoms with van der Waals surface area (Å²) in [6.45, 7) is 3.62. The second kappa shape index (κ2) is 9.23. The fraction of sp³-hybridized carbons (Fsp3) is 0.143. The lowest BCUT2D eigenvalue weighted by Crippen LogP contribution is -2.24. The van der Waals surface area contributed by atoms with Crippen LogP contribution in [0, 0.1) is 24.0 Å². The number of para-hydroxylation sites is 1. The number of nitrogens with one attached hydrogen (secondary N) is 1. The Labute approximate surface area is 177 Å². The minimum Gasteiger partial charge on any atom is -0.483 e. The van der Waals surface area contributed by atoms with Gasteiger partial charge in [-0.05, 0) is 43.2 Å². The van der Waals surface area contributed by atoms with Gasteiger partial charge in [-0.15, -0.1) is 0 Å². The molecule has 0 saturated heterocycles. The minimum atomic E-state index is -0.513. The number of nitro benzene ring substituents is 1. The first kappa shape index (κ1) is 21.1. The molecule has 0 fully saturated rings. The summed E-state index contributed by atoms with van der Waals surface area (Å²) in [7, 11) is 0. The molecule has 0 radical (unpaired) electrons. The van der Waals surface area contributed by atoms with E-state index in [1.807, 2.05) is 32.0 Å². The highest BCUT2D eigenvalue weighted by molar-refractivity contribution is 6.33. The van der Waals surface area contributed by atoms with E-state index < -0.39 is 10.8 Å². The number of rotatable bonds is 7. The van der Waals surface area contributed by atoms with Crippen molar-refractivity contribution in [2.75, 3.05) is 6.61 Å². The van der Waals surface area contributed by atoms with Crippen molar-refractivity contribution in [2.24, 2.45) is 5.10 Å². The standard InChI is InChI=1S/C21H18ClN3O5/c1-13-4-3-5-14(2)21(13)29-12-20(26)24-23-11-16-7-9-19(30-16)17-10-15(25(27)28)6-8-18(17)22/h3-11H,12H2,1-2H3,(H,24,26)/b23-11-. The Hall–Kier alpha value is -3.65. The molecular formula is C21H18ClN3O5. The molecule has 1 aromatic heterocycles. The van der Waals surface area contributed by atoms with Gasteiger partial charge in [0.15, 0.2) is 6.61 Å². The predicted octanol–water partition coefficient (Wildman–Crippen LogP) is 4.65. The number of amides is 1. The van der Waals surface area contributed by atoms with Crippen molar-refractivity contribution in [3.63, 3.8) is 0 Å². The van der Waals surface area contributed by atoms with Gasteiger partial charge in [0.1, 0.15) is 17.3 Å². The Balaban J connectivity index is 1.60. The molecule has 154 valence electrons. The summed E-state index contributed by atoms with van der Waals surface area (Å²) in [5, 5.41) is 15.1. The van der Waals surface area contributed by atoms with Gasteiger partial charge < -0.3 is 9.15 Å². The van der Waals surface area contributed by atoms with Crippen molar-refractivity contribution < 1.29 is 18.9 Å². The number of carbonyl (C=O) groups excluding carboxylic acids is 1. The van der Waals surface area contributed by atoms with E-state index >= 15 is 0 Å². The normalized spacial score (nSPS) is 10.9. The van der Waals surface area contributed by atoms with Gasteiger partial charge in [0.2, 0.25) is 0 Å². The molecule has 1 amide bonds. The van der Waals surface area contributed by atoms with Crippen molar-refractivity contribution >= 4 is 29.4 Å². The fourth-order valence-corrected chi connectivity index (χ4v) is 2.96. The van der Waals surface area contributed by atoms with Crippen LogP contribution in [0.25, 0.3) is 11.3 Å². The molecule has 1 N–H and O–H groups in total. The van der Waals surface area contributed by atoms with E-state index in [4.69, 9.17) is 20.8 Å². The zero-order valence-electron chi connectivity index (χ0n) is 16.2. The molecule has 0 spiro atoms. The third kappa shape index (κ3) is 5.03. The number of benzene rings is 2. The number of hydrogen-bond acceptors (Lipinski definition) is 6. The quantitative estimate of drug-likeness (QED) is 0.335. The van der Waals surface area contributed by atoms with Crippen LogP contribution >= 0.6 is 11.6 Å². The van der Waals surface area contributed by atoms with Crippen LogP contribution in [0.2, 0.25) is 5.02 Å². The van der Waals surface area contributed by atoms with Gasteiger partial charge in [-0.25, -0.2) is 5.43 Å². The number of hydrogen-bond donors (Lipinski definition) is 1. The number of carbonyl (C=O) groups is 1. The molecule has 3 aromatic rings. The Morgan fingerprint density at radius 3 is 2.67 bits per heavy atom. The number of hydrazone groups is 1. The number of halogens is 1. The predicted molar refractivity (Wildman–Crippen MR) is 113 cm³/mol. The SMILES string of the molecule is Cc1cccc(C)c1OCC(=O)N/N=C\c1ccc(-c2cc([N+](=O)[O-])ccc2Cl)o1. The van der Waals surface area contributed by atoms with Crippen LogP contribution in [0.3, 0.4) is 0 Å². The molecule has 0 bridgehead atoms. The molecular weight excluding hydrogens is 410 g/mol. The smallest absolute Gasteiger partial charge is 0.277 e. The van der Waals surface area contributed by atoms with Crippen LogP contribution in [-0.2, 0) is 4.79 Å². The molecule has 0 atom stereocenters. The first-order chi connectivity index (χ1) is 14.3. The van der Waals surface area contributed by atoms with Gasteiger partial charge in [-0.2, -0.15) is 5.10 Å². The summed E-state index contributed by atoms with van der Waals surface area (Å²) in [6, 6.07) is 13.0. The van der Waals surface area contributed by atoms with E-state index in [1.165, 1.54) is 24.4 Å². The second-order valence-corrected chi connectivity index (χ2v) is 6.83. The molecule has 30 heavy (non-hydrogen) atoms. The van der Waals surface area contributed by atoms with Gasteiger partial charge in [0, 0.05) is 17.7 Å². The number of non-ortho nitro benzene ring substituents is 1. The Morgan fingerprint density at radius 1 is 1.23 bits per heavy atom. The van der Waals surface area contributed by atoms with Crippen LogP contribution in [0.5, 0.6) is 5.75 Å². The molecule has 1 heterocycles. The van der Waals surface area contributed by atoms with Crippen molar-refractivity contribution in [2.45, 2.75) is 13.8 Å². The van der Waals surface area contributed by atoms with Crippen LogP contribution in [0.4, 0.5) is 5.69 Å². The summed E-state index contributed by atoms with van der Waals surface area (Å²) < 4.78 is 11.1. The summed E-state index contributed by atoms with van der Waals surface area (Å²) >= 11 is 6.11. The lowest BCUT2D eigenvalue weighted by Gasteiger charge is -2.10. The van der Waals surface area contributed by atoms with E-state index in [0.717, 1.165) is 11.1 Å². The summed E-state index contributed by atoms with van der Waals surface area (Å²) in [5.74, 6) is 0.918. The molecule has 0 aliphatic rings. The van der Waals surface area contributed by atoms with Gasteiger partial charge in [-0.3, -0.25) is 14.9 Å². The number of ether oxygens (including phenoxy) is 1. The molecule has 3 rings (SSSR count). The summed E-state index contributed by atoms with van der Waals surface area (Å²) in [4.78, 5) is 22.4. The Bertz CT molecular complexity index is 1100. The molecule has 0 aliphatic carbocycles. The first-order valence-corrected chi connectivity index (χ1v) is 9.28. The Kier molecular flexibility index (Phi) is 6.48. The molecule has 0 saturated carbocycles. The monoisotopic (exact) mass is 427 g/mol. The van der Waals surface area contributed by atoms with Gasteiger partial charge in [0.25, 0.3) is 11.6 Å². The summed E-state index contributed by atoms with van der Waals surface area (Å²) in [5.41, 5.74) is 4.52. The van der Waals surface area contributed by atoms with E-state index in [9.17, 15) is 14.9 Å². The molecule has 0 aliphatic heterocycles. The molecule has 9 heteroatoms. The van der Waals surface area contributed by atoms with Crippen LogP contribution < -0.4 is 10.2 Å². The zero-order valence-corrected chi connectivity index (χ0v) is 17.0. The highest BCUT2D eigenvalue weighted by Gasteiger charge is 2.14. The second-order valence-electron chi connectivity index (χ2n) is 6.43. The van der Waals surface area contributed by atoms with Crippen LogP contribution in [0.15, 0.2) is 58.0 Å². The largest absolute Gasteiger partial charge is 0.483 e. The topological polar surface area (TPSA) is 107 Å². The maximum absolute atomic E-state index is 11.9. The van der Waals surface area contributed by atoms with E-state index in [-0.39, 0.29) is 12.3 Å². The third-order valence-corrected chi connectivity index (χ3v) is 4.52. The van der Waals surface area contributed by atoms with Gasteiger partial charge in [-0.1, -0.05) is 29.8 Å². The van der Waals surface area contributed by atoms with E-state index in [1.54, 1.807) is 12.1 Å². The van der Waals surface area contributed by atoms with Crippen molar-refractivity contribution in [1.29, 1.82) is 0 Å². The number of aryl methyl sites for hydroxylation is 2. The van der Waals surface area contributed by atoms with Crippen molar-refractivity contribution in [3.8, 4) is 17.1 Å². The number of furan rings is 1. The average Bonchev–Trinajstić information content (AvgIpc) is 3.16. The van der Waals surface area contributed by atoms with Crippen molar-refractivity contribution in [1.82, 2.24) is 5.43 Å². The Morgan fingerprint density at radius 2 is 1.97 bits per heavy atom. The highest BCUT2D eigenvalue weighted by Crippen LogP contribution is 2.32. The van der Waals surface area contributed by atoms with Gasteiger partial charge in [0.05, 0.1) is 16.2 Å². The first-order valence-electron chi connectivity index (χ1n) is 8.90. The highest BCUT2D eigenvalue weighted by atomic mass is 35.5. The van der Waals surface area contributed by atoms with Crippen LogP contribution in [-0.4, -0.2) is 23.7 Å². The lowest BCUT2D eigenvalue weighted by atomic mass is 10.1. The minimum absolute atomic E-state index is 0.0998. The van der Waals surface area contributed by atoms with Crippen LogP contribution in [0.1, 0.15) is 16.9 Å². The maximum Gasteiger partial charge on any atom is 0.277 e. The number of nitro groups is 1. The van der Waals surface area contributed by atoms with Gasteiger partial charge >= 0.3 is 0 Å². The molecule has 2 aromatic carbocycles. The van der Waals surface area contributed by atoms with E-state index in [0.29, 0.717) is 27.9 Å². The average molecular weight is 428 g/mol. The molecule has 0 unspecified atom stereocenters. The fourth-order valence-electron chi connectivity index (χ4n) is 2.75.